The number of rotatable bonds is 4. The third kappa shape index (κ3) is 2.75. The van der Waals surface area contributed by atoms with Crippen molar-refractivity contribution in [2.24, 2.45) is 0 Å². The number of hydrogen-bond acceptors (Lipinski definition) is 4. The van der Waals surface area contributed by atoms with Gasteiger partial charge in [-0.05, 0) is 33.3 Å². The van der Waals surface area contributed by atoms with E-state index in [0.717, 1.165) is 9.88 Å². The molecule has 3 nitrogen and oxygen atoms in total. The lowest BCUT2D eigenvalue weighted by atomic mass is 9.85. The van der Waals surface area contributed by atoms with Crippen molar-refractivity contribution in [2.45, 2.75) is 33.1 Å². The third-order valence-electron chi connectivity index (χ3n) is 3.30. The van der Waals surface area contributed by atoms with E-state index in [9.17, 15) is 4.79 Å². The molecule has 0 unspecified atom stereocenters. The Kier molecular flexibility index (Phi) is 4.23. The van der Waals surface area contributed by atoms with Crippen LogP contribution in [0.1, 0.15) is 46.7 Å². The van der Waals surface area contributed by atoms with Gasteiger partial charge in [-0.2, -0.15) is 0 Å². The molecule has 1 aromatic carbocycles. The van der Waals surface area contributed by atoms with Gasteiger partial charge in [0.25, 0.3) is 0 Å². The predicted molar refractivity (Wildman–Crippen MR) is 81.4 cm³/mol. The summed E-state index contributed by atoms with van der Waals surface area (Å²) in [4.78, 5) is 17.3. The largest absolute Gasteiger partial charge is 0.461 e. The molecule has 0 saturated carbocycles. The minimum absolute atomic E-state index is 0.221. The van der Waals surface area contributed by atoms with Crippen LogP contribution < -0.4 is 0 Å². The fraction of sp³-hybridized carbons (Fsp3) is 0.375. The molecule has 0 saturated heterocycles. The molecule has 0 N–H and O–H groups in total. The smallest absolute Gasteiger partial charge is 0.358 e. The summed E-state index contributed by atoms with van der Waals surface area (Å²) in [7, 11) is 0. The van der Waals surface area contributed by atoms with Crippen molar-refractivity contribution in [3.05, 3.63) is 51.5 Å². The maximum atomic E-state index is 11.9. The zero-order chi connectivity index (χ0) is 14.8. The molecule has 20 heavy (non-hydrogen) atoms. The van der Waals surface area contributed by atoms with Crippen molar-refractivity contribution in [2.75, 3.05) is 6.61 Å². The van der Waals surface area contributed by atoms with E-state index in [2.05, 4.69) is 31.0 Å². The van der Waals surface area contributed by atoms with Crippen LogP contribution in [0.15, 0.2) is 30.3 Å². The quantitative estimate of drug-likeness (QED) is 0.800. The van der Waals surface area contributed by atoms with Crippen molar-refractivity contribution in [1.29, 1.82) is 0 Å². The van der Waals surface area contributed by atoms with Gasteiger partial charge in [0.1, 0.15) is 5.01 Å². The van der Waals surface area contributed by atoms with Crippen LogP contribution in [0.2, 0.25) is 0 Å². The van der Waals surface area contributed by atoms with E-state index in [1.165, 1.54) is 5.56 Å². The number of benzene rings is 1. The zero-order valence-electron chi connectivity index (χ0n) is 12.3. The van der Waals surface area contributed by atoms with Gasteiger partial charge in [0, 0.05) is 10.3 Å². The molecule has 1 aromatic heterocycles. The number of thiazole rings is 1. The van der Waals surface area contributed by atoms with Crippen LogP contribution in [0.25, 0.3) is 0 Å². The van der Waals surface area contributed by atoms with E-state index < -0.39 is 0 Å². The van der Waals surface area contributed by atoms with E-state index in [1.807, 2.05) is 25.1 Å². The Bertz CT molecular complexity index is 602. The summed E-state index contributed by atoms with van der Waals surface area (Å²) in [5.74, 6) is -0.337. The molecule has 4 heteroatoms. The molecule has 2 rings (SSSR count). The molecule has 0 bridgehead atoms. The Balaban J connectivity index is 2.39. The second-order valence-corrected chi connectivity index (χ2v) is 6.34. The van der Waals surface area contributed by atoms with Crippen molar-refractivity contribution >= 4 is 17.3 Å². The normalized spacial score (nSPS) is 11.4. The van der Waals surface area contributed by atoms with Gasteiger partial charge in [-0.1, -0.05) is 30.3 Å². The first-order chi connectivity index (χ1) is 9.46. The highest BCUT2D eigenvalue weighted by Gasteiger charge is 2.29. The van der Waals surface area contributed by atoms with Gasteiger partial charge in [-0.25, -0.2) is 9.78 Å². The number of carbonyl (C=O) groups excluding carboxylic acids is 1. The summed E-state index contributed by atoms with van der Waals surface area (Å²) in [5.41, 5.74) is 1.40. The highest BCUT2D eigenvalue weighted by atomic mass is 32.1. The number of ether oxygens (including phenoxy) is 1. The number of aryl methyl sites for hydroxylation is 1. The maximum absolute atomic E-state index is 11.9. The lowest BCUT2D eigenvalue weighted by Crippen LogP contribution is -2.19. The fourth-order valence-electron chi connectivity index (χ4n) is 2.03. The van der Waals surface area contributed by atoms with Gasteiger partial charge in [-0.15, -0.1) is 11.3 Å². The Morgan fingerprint density at radius 3 is 2.55 bits per heavy atom. The van der Waals surface area contributed by atoms with Crippen LogP contribution in [0, 0.1) is 6.92 Å². The molecular weight excluding hydrogens is 270 g/mol. The molecular formula is C16H19NO2S. The second kappa shape index (κ2) is 5.75. The second-order valence-electron chi connectivity index (χ2n) is 5.14. The summed E-state index contributed by atoms with van der Waals surface area (Å²) in [5, 5.41) is 0.934. The van der Waals surface area contributed by atoms with Crippen LogP contribution in [0.3, 0.4) is 0 Å². The standard InChI is InChI=1S/C16H19NO2S/c1-5-19-14(18)13-11(2)20-15(17-13)16(3,4)12-9-7-6-8-10-12/h6-10H,5H2,1-4H3. The minimum atomic E-state index is -0.337. The molecule has 106 valence electrons. The van der Waals surface area contributed by atoms with E-state index in [-0.39, 0.29) is 11.4 Å². The predicted octanol–water partition coefficient (Wildman–Crippen LogP) is 3.95. The molecule has 1 heterocycles. The van der Waals surface area contributed by atoms with Crippen molar-refractivity contribution < 1.29 is 9.53 Å². The fourth-order valence-corrected chi connectivity index (χ4v) is 3.06. The topological polar surface area (TPSA) is 39.2 Å². The Morgan fingerprint density at radius 1 is 1.30 bits per heavy atom. The Labute approximate surface area is 123 Å². The van der Waals surface area contributed by atoms with Gasteiger partial charge < -0.3 is 4.74 Å². The minimum Gasteiger partial charge on any atom is -0.461 e. The van der Waals surface area contributed by atoms with Crippen molar-refractivity contribution in [3.8, 4) is 0 Å². The molecule has 0 amide bonds. The van der Waals surface area contributed by atoms with E-state index in [0.29, 0.717) is 12.3 Å². The van der Waals surface area contributed by atoms with Crippen LogP contribution in [0.5, 0.6) is 0 Å². The number of nitrogens with zero attached hydrogens (tertiary/aromatic N) is 1. The molecule has 0 radical (unpaired) electrons. The van der Waals surface area contributed by atoms with E-state index >= 15 is 0 Å². The Hall–Kier alpha value is -1.68. The van der Waals surface area contributed by atoms with E-state index in [4.69, 9.17) is 4.74 Å². The number of aromatic nitrogens is 1. The summed E-state index contributed by atoms with van der Waals surface area (Å²) < 4.78 is 5.05. The van der Waals surface area contributed by atoms with Crippen LogP contribution in [-0.2, 0) is 10.2 Å². The summed E-state index contributed by atoms with van der Waals surface area (Å²) in [6.45, 7) is 8.32. The van der Waals surface area contributed by atoms with Gasteiger partial charge in [0.05, 0.1) is 6.61 Å². The van der Waals surface area contributed by atoms with Gasteiger partial charge in [-0.3, -0.25) is 0 Å². The molecule has 0 aliphatic carbocycles. The Morgan fingerprint density at radius 2 is 1.95 bits per heavy atom. The molecule has 0 fully saturated rings. The van der Waals surface area contributed by atoms with E-state index in [1.54, 1.807) is 18.3 Å². The molecule has 0 aliphatic rings. The lowest BCUT2D eigenvalue weighted by molar-refractivity contribution is 0.0519. The number of esters is 1. The molecule has 0 aliphatic heterocycles. The summed E-state index contributed by atoms with van der Waals surface area (Å²) in [6.07, 6.45) is 0. The first kappa shape index (κ1) is 14.7. The average molecular weight is 289 g/mol. The maximum Gasteiger partial charge on any atom is 0.358 e. The highest BCUT2D eigenvalue weighted by molar-refractivity contribution is 7.12. The van der Waals surface area contributed by atoms with Crippen molar-refractivity contribution in [3.63, 3.8) is 0 Å². The lowest BCUT2D eigenvalue weighted by Gasteiger charge is -2.22. The summed E-state index contributed by atoms with van der Waals surface area (Å²) in [6, 6.07) is 10.2. The molecule has 2 aromatic rings. The zero-order valence-corrected chi connectivity index (χ0v) is 13.1. The van der Waals surface area contributed by atoms with Crippen LogP contribution in [0.4, 0.5) is 0 Å². The third-order valence-corrected chi connectivity index (χ3v) is 4.59. The molecule has 0 atom stereocenters. The van der Waals surface area contributed by atoms with Gasteiger partial charge in [0.15, 0.2) is 5.69 Å². The SMILES string of the molecule is CCOC(=O)c1nc(C(C)(C)c2ccccc2)sc1C. The average Bonchev–Trinajstić information content (AvgIpc) is 2.83. The summed E-state index contributed by atoms with van der Waals surface area (Å²) >= 11 is 1.56. The van der Waals surface area contributed by atoms with Crippen LogP contribution in [-0.4, -0.2) is 17.6 Å². The molecule has 0 spiro atoms. The monoisotopic (exact) mass is 289 g/mol. The van der Waals surface area contributed by atoms with Gasteiger partial charge >= 0.3 is 5.97 Å². The number of hydrogen-bond donors (Lipinski definition) is 0. The van der Waals surface area contributed by atoms with Crippen LogP contribution >= 0.6 is 11.3 Å². The number of carbonyl (C=O) groups is 1. The highest BCUT2D eigenvalue weighted by Crippen LogP contribution is 2.35. The van der Waals surface area contributed by atoms with Gasteiger partial charge in [0.2, 0.25) is 0 Å². The van der Waals surface area contributed by atoms with Crippen molar-refractivity contribution in [1.82, 2.24) is 4.98 Å². The first-order valence-electron chi connectivity index (χ1n) is 6.67. The first-order valence-corrected chi connectivity index (χ1v) is 7.49.